The van der Waals surface area contributed by atoms with Crippen LogP contribution in [0, 0.1) is 0 Å². The topological polar surface area (TPSA) is 20.2 Å². The Bertz CT molecular complexity index is 184. The van der Waals surface area contributed by atoms with Crippen LogP contribution in [0.2, 0.25) is 10.4 Å². The zero-order valence-corrected chi connectivity index (χ0v) is 14.1. The number of unbranched alkanes of at least 4 members (excludes halogenated alkanes) is 4. The SMILES string of the molecule is CCCCC[As](/C=C\C(C)(C)O)CCCCC. The molecule has 1 N–H and O–H groups in total. The Labute approximate surface area is 113 Å². The van der Waals surface area contributed by atoms with Crippen molar-refractivity contribution in [2.45, 2.75) is 82.2 Å². The molecule has 0 spiro atoms. The van der Waals surface area contributed by atoms with Crippen molar-refractivity contribution in [2.75, 3.05) is 0 Å². The monoisotopic (exact) mass is 302 g/mol. The molecule has 0 fully saturated rings. The Morgan fingerprint density at radius 3 is 1.76 bits per heavy atom. The quantitative estimate of drug-likeness (QED) is 0.457. The molecule has 0 aromatic rings. The van der Waals surface area contributed by atoms with Gasteiger partial charge in [0.1, 0.15) is 0 Å². The summed E-state index contributed by atoms with van der Waals surface area (Å²) in [4.78, 5) is 2.39. The summed E-state index contributed by atoms with van der Waals surface area (Å²) in [6, 6.07) is 0. The Morgan fingerprint density at radius 2 is 1.41 bits per heavy atom. The van der Waals surface area contributed by atoms with E-state index in [9.17, 15) is 5.11 Å². The molecule has 0 atom stereocenters. The molecule has 102 valence electrons. The minimum absolute atomic E-state index is 0.623. The van der Waals surface area contributed by atoms with Crippen LogP contribution in [0.3, 0.4) is 0 Å². The molecule has 1 nitrogen and oxygen atoms in total. The second-order valence-electron chi connectivity index (χ2n) is 5.42. The summed E-state index contributed by atoms with van der Waals surface area (Å²) in [6.45, 7) is 8.27. The van der Waals surface area contributed by atoms with Crippen molar-refractivity contribution in [3.8, 4) is 0 Å². The average Bonchev–Trinajstić information content (AvgIpc) is 2.24. The van der Waals surface area contributed by atoms with Crippen molar-refractivity contribution in [1.29, 1.82) is 0 Å². The first-order valence-electron chi connectivity index (χ1n) is 7.15. The van der Waals surface area contributed by atoms with Crippen LogP contribution in [0.4, 0.5) is 0 Å². The summed E-state index contributed by atoms with van der Waals surface area (Å²) in [5.41, 5.74) is -0.623. The van der Waals surface area contributed by atoms with Crippen molar-refractivity contribution >= 4 is 14.7 Å². The summed E-state index contributed by atoms with van der Waals surface area (Å²) in [5.74, 6) is 0. The van der Waals surface area contributed by atoms with Gasteiger partial charge >= 0.3 is 113 Å². The Balaban J connectivity index is 4.05. The Morgan fingerprint density at radius 1 is 0.941 bits per heavy atom. The van der Waals surface area contributed by atoms with Gasteiger partial charge < -0.3 is 0 Å². The third-order valence-corrected chi connectivity index (χ3v) is 7.73. The van der Waals surface area contributed by atoms with Gasteiger partial charge in [-0.25, -0.2) is 0 Å². The van der Waals surface area contributed by atoms with Gasteiger partial charge in [0, 0.05) is 0 Å². The maximum atomic E-state index is 9.75. The van der Waals surface area contributed by atoms with Crippen LogP contribution in [0.5, 0.6) is 0 Å². The minimum atomic E-state index is -0.808. The van der Waals surface area contributed by atoms with Crippen LogP contribution < -0.4 is 0 Å². The van der Waals surface area contributed by atoms with Crippen LogP contribution in [-0.4, -0.2) is 25.4 Å². The molecule has 0 saturated heterocycles. The van der Waals surface area contributed by atoms with E-state index in [-0.39, 0.29) is 0 Å². The van der Waals surface area contributed by atoms with Crippen LogP contribution in [0.1, 0.15) is 66.2 Å². The summed E-state index contributed by atoms with van der Waals surface area (Å²) >= 11 is -0.808. The van der Waals surface area contributed by atoms with E-state index in [4.69, 9.17) is 0 Å². The molecule has 17 heavy (non-hydrogen) atoms. The molecule has 0 heterocycles. The van der Waals surface area contributed by atoms with Crippen molar-refractivity contribution in [3.05, 3.63) is 10.9 Å². The number of hydrogen-bond acceptors (Lipinski definition) is 1. The van der Waals surface area contributed by atoms with Crippen LogP contribution in [-0.2, 0) is 0 Å². The molecule has 2 heteroatoms. The zero-order valence-electron chi connectivity index (χ0n) is 12.2. The molecule has 0 unspecified atom stereocenters. The van der Waals surface area contributed by atoms with E-state index in [0.29, 0.717) is 0 Å². The molecule has 0 aliphatic rings. The van der Waals surface area contributed by atoms with Crippen molar-refractivity contribution < 1.29 is 5.11 Å². The van der Waals surface area contributed by atoms with E-state index < -0.39 is 20.3 Å². The first kappa shape index (κ1) is 17.3. The summed E-state index contributed by atoms with van der Waals surface area (Å²) in [6.07, 6.45) is 10.2. The van der Waals surface area contributed by atoms with E-state index in [1.165, 1.54) is 48.9 Å². The second kappa shape index (κ2) is 10.2. The van der Waals surface area contributed by atoms with Gasteiger partial charge in [0.25, 0.3) is 0 Å². The van der Waals surface area contributed by atoms with Crippen LogP contribution in [0.25, 0.3) is 0 Å². The average molecular weight is 302 g/mol. The molecule has 0 amide bonds. The van der Waals surface area contributed by atoms with Crippen molar-refractivity contribution in [2.24, 2.45) is 0 Å². The van der Waals surface area contributed by atoms with Crippen molar-refractivity contribution in [1.82, 2.24) is 0 Å². The normalized spacial score (nSPS) is 12.8. The van der Waals surface area contributed by atoms with Gasteiger partial charge in [0.2, 0.25) is 0 Å². The molecular weight excluding hydrogens is 271 g/mol. The molecule has 0 aliphatic heterocycles. The molecule has 0 radical (unpaired) electrons. The predicted octanol–water partition coefficient (Wildman–Crippen LogP) is 4.73. The number of aliphatic hydroxyl groups is 1. The van der Waals surface area contributed by atoms with Crippen molar-refractivity contribution in [3.63, 3.8) is 0 Å². The van der Waals surface area contributed by atoms with Gasteiger partial charge in [-0.05, 0) is 0 Å². The Kier molecular flexibility index (Phi) is 10.4. The number of rotatable bonds is 10. The first-order chi connectivity index (χ1) is 7.99. The zero-order chi connectivity index (χ0) is 13.1. The van der Waals surface area contributed by atoms with Gasteiger partial charge in [-0.15, -0.1) is 0 Å². The van der Waals surface area contributed by atoms with Crippen LogP contribution >= 0.6 is 0 Å². The van der Waals surface area contributed by atoms with Gasteiger partial charge in [-0.2, -0.15) is 0 Å². The fraction of sp³-hybridized carbons (Fsp3) is 0.867. The van der Waals surface area contributed by atoms with E-state index in [1.807, 2.05) is 19.9 Å². The number of hydrogen-bond donors (Lipinski definition) is 1. The second-order valence-corrected chi connectivity index (χ2v) is 10.4. The standard InChI is InChI=1S/C15H31AsO/c1-5-7-9-12-16(13-10-8-6-2)14-11-15(3,4)17/h11,14,17H,5-10,12-13H2,1-4H3/b14-11-. The maximum absolute atomic E-state index is 9.75. The fourth-order valence-electron chi connectivity index (χ4n) is 1.68. The molecule has 0 aromatic heterocycles. The molecule has 0 aromatic carbocycles. The van der Waals surface area contributed by atoms with Crippen LogP contribution in [0.15, 0.2) is 10.9 Å². The van der Waals surface area contributed by atoms with Gasteiger partial charge in [0.15, 0.2) is 0 Å². The van der Waals surface area contributed by atoms with E-state index in [2.05, 4.69) is 18.7 Å². The van der Waals surface area contributed by atoms with Gasteiger partial charge in [-0.1, -0.05) is 0 Å². The molecule has 0 aliphatic carbocycles. The summed E-state index contributed by atoms with van der Waals surface area (Å²) in [7, 11) is 0. The molecular formula is C15H31AsO. The molecule has 0 bridgehead atoms. The first-order valence-corrected chi connectivity index (χ1v) is 10.9. The summed E-state index contributed by atoms with van der Waals surface area (Å²) < 4.78 is 0. The van der Waals surface area contributed by atoms with Gasteiger partial charge in [0.05, 0.1) is 0 Å². The van der Waals surface area contributed by atoms with E-state index in [0.717, 1.165) is 0 Å². The molecule has 0 saturated carbocycles. The molecule has 0 rings (SSSR count). The van der Waals surface area contributed by atoms with E-state index >= 15 is 0 Å². The van der Waals surface area contributed by atoms with Gasteiger partial charge in [-0.3, -0.25) is 0 Å². The third kappa shape index (κ3) is 12.5. The van der Waals surface area contributed by atoms with E-state index in [1.54, 1.807) is 0 Å². The summed E-state index contributed by atoms with van der Waals surface area (Å²) in [5, 5.41) is 12.6. The fourth-order valence-corrected chi connectivity index (χ4v) is 6.62. The third-order valence-electron chi connectivity index (χ3n) is 2.79. The predicted molar refractivity (Wildman–Crippen MR) is 79.9 cm³/mol. The Hall–Kier alpha value is 0.258.